The van der Waals surface area contributed by atoms with Gasteiger partial charge in [0.15, 0.2) is 0 Å². The van der Waals surface area contributed by atoms with Crippen molar-refractivity contribution in [2.75, 3.05) is 33.8 Å². The van der Waals surface area contributed by atoms with E-state index in [-0.39, 0.29) is 0 Å². The van der Waals surface area contributed by atoms with Gasteiger partial charge in [-0.3, -0.25) is 0 Å². The molecular formula is C15H26N2O. The van der Waals surface area contributed by atoms with E-state index in [1.165, 1.54) is 5.56 Å². The third-order valence-corrected chi connectivity index (χ3v) is 2.80. The maximum atomic E-state index is 5.78. The Morgan fingerprint density at radius 1 is 1.22 bits per heavy atom. The summed E-state index contributed by atoms with van der Waals surface area (Å²) in [6, 6.07) is 8.35. The first kappa shape index (κ1) is 15.0. The zero-order valence-corrected chi connectivity index (χ0v) is 11.9. The van der Waals surface area contributed by atoms with Gasteiger partial charge in [-0.25, -0.2) is 0 Å². The SMILES string of the molecule is CC(COc1ccc(CCCN)cc1)CN(C)C. The number of nitrogens with zero attached hydrogens (tertiary/aromatic N) is 1. The van der Waals surface area contributed by atoms with Gasteiger partial charge >= 0.3 is 0 Å². The molecule has 2 N–H and O–H groups in total. The molecule has 1 aromatic carbocycles. The Hall–Kier alpha value is -1.06. The Labute approximate surface area is 111 Å². The van der Waals surface area contributed by atoms with E-state index in [0.29, 0.717) is 5.92 Å². The third kappa shape index (κ3) is 6.03. The Bertz CT molecular complexity index is 322. The summed E-state index contributed by atoms with van der Waals surface area (Å²) in [5.41, 5.74) is 6.83. The van der Waals surface area contributed by atoms with Crippen molar-refractivity contribution in [1.29, 1.82) is 0 Å². The van der Waals surface area contributed by atoms with Crippen LogP contribution in [0.4, 0.5) is 0 Å². The molecule has 0 amide bonds. The van der Waals surface area contributed by atoms with E-state index in [1.54, 1.807) is 0 Å². The topological polar surface area (TPSA) is 38.5 Å². The zero-order valence-electron chi connectivity index (χ0n) is 11.9. The van der Waals surface area contributed by atoms with Crippen LogP contribution in [0.5, 0.6) is 5.75 Å². The number of nitrogens with two attached hydrogens (primary N) is 1. The summed E-state index contributed by atoms with van der Waals surface area (Å²) in [6.45, 7) is 4.77. The van der Waals surface area contributed by atoms with Gasteiger partial charge in [-0.2, -0.15) is 0 Å². The molecule has 102 valence electrons. The molecule has 18 heavy (non-hydrogen) atoms. The molecule has 0 saturated heterocycles. The molecule has 0 radical (unpaired) electrons. The van der Waals surface area contributed by atoms with Gasteiger partial charge in [0, 0.05) is 12.5 Å². The Kier molecular flexibility index (Phi) is 6.76. The van der Waals surface area contributed by atoms with Crippen molar-refractivity contribution in [3.8, 4) is 5.75 Å². The lowest BCUT2D eigenvalue weighted by molar-refractivity contribution is 0.222. The lowest BCUT2D eigenvalue weighted by atomic mass is 10.1. The molecule has 3 heteroatoms. The predicted molar refractivity (Wildman–Crippen MR) is 77.0 cm³/mol. The van der Waals surface area contributed by atoms with E-state index in [1.807, 2.05) is 12.1 Å². The van der Waals surface area contributed by atoms with Gasteiger partial charge in [0.05, 0.1) is 6.61 Å². The number of hydrogen-bond acceptors (Lipinski definition) is 3. The summed E-state index contributed by atoms with van der Waals surface area (Å²) in [7, 11) is 4.17. The maximum absolute atomic E-state index is 5.78. The summed E-state index contributed by atoms with van der Waals surface area (Å²) >= 11 is 0. The second kappa shape index (κ2) is 8.11. The van der Waals surface area contributed by atoms with Crippen LogP contribution in [0.25, 0.3) is 0 Å². The van der Waals surface area contributed by atoms with Crippen molar-refractivity contribution in [3.05, 3.63) is 29.8 Å². The van der Waals surface area contributed by atoms with Crippen molar-refractivity contribution in [2.24, 2.45) is 11.7 Å². The monoisotopic (exact) mass is 250 g/mol. The molecule has 0 fully saturated rings. The number of ether oxygens (including phenoxy) is 1. The highest BCUT2D eigenvalue weighted by Gasteiger charge is 2.04. The number of aryl methyl sites for hydroxylation is 1. The quantitative estimate of drug-likeness (QED) is 0.768. The van der Waals surface area contributed by atoms with Crippen LogP contribution in [0.15, 0.2) is 24.3 Å². The normalized spacial score (nSPS) is 12.7. The molecule has 0 aliphatic heterocycles. The van der Waals surface area contributed by atoms with Gasteiger partial charge in [0.25, 0.3) is 0 Å². The Morgan fingerprint density at radius 3 is 2.44 bits per heavy atom. The van der Waals surface area contributed by atoms with Crippen molar-refractivity contribution in [3.63, 3.8) is 0 Å². The van der Waals surface area contributed by atoms with Crippen LogP contribution in [0.3, 0.4) is 0 Å². The molecule has 0 aliphatic carbocycles. The molecule has 0 aromatic heterocycles. The molecule has 1 atom stereocenters. The molecule has 1 aromatic rings. The molecule has 3 nitrogen and oxygen atoms in total. The largest absolute Gasteiger partial charge is 0.493 e. The first-order valence-electron chi connectivity index (χ1n) is 6.68. The third-order valence-electron chi connectivity index (χ3n) is 2.80. The minimum atomic E-state index is 0.539. The molecule has 0 spiro atoms. The summed E-state index contributed by atoms with van der Waals surface area (Å²) in [4.78, 5) is 2.18. The van der Waals surface area contributed by atoms with Gasteiger partial charge in [-0.15, -0.1) is 0 Å². The van der Waals surface area contributed by atoms with Crippen LogP contribution in [0, 0.1) is 5.92 Å². The Morgan fingerprint density at radius 2 is 1.89 bits per heavy atom. The molecule has 1 unspecified atom stereocenters. The number of benzene rings is 1. The lowest BCUT2D eigenvalue weighted by Gasteiger charge is -2.17. The fraction of sp³-hybridized carbons (Fsp3) is 0.600. The number of rotatable bonds is 8. The Balaban J connectivity index is 2.34. The average Bonchev–Trinajstić information content (AvgIpc) is 2.34. The van der Waals surface area contributed by atoms with Crippen LogP contribution in [-0.4, -0.2) is 38.7 Å². The van der Waals surface area contributed by atoms with Gasteiger partial charge in [0.1, 0.15) is 5.75 Å². The van der Waals surface area contributed by atoms with Crippen LogP contribution in [-0.2, 0) is 6.42 Å². The van der Waals surface area contributed by atoms with E-state index < -0.39 is 0 Å². The summed E-state index contributed by atoms with van der Waals surface area (Å²) in [5.74, 6) is 1.49. The molecule has 0 saturated carbocycles. The van der Waals surface area contributed by atoms with Crippen molar-refractivity contribution in [1.82, 2.24) is 4.90 Å². The second-order valence-electron chi connectivity index (χ2n) is 5.21. The highest BCUT2D eigenvalue weighted by molar-refractivity contribution is 5.27. The number of hydrogen-bond donors (Lipinski definition) is 1. The van der Waals surface area contributed by atoms with E-state index in [0.717, 1.165) is 38.3 Å². The summed E-state index contributed by atoms with van der Waals surface area (Å²) < 4.78 is 5.78. The lowest BCUT2D eigenvalue weighted by Crippen LogP contribution is -2.24. The van der Waals surface area contributed by atoms with Gasteiger partial charge < -0.3 is 15.4 Å². The van der Waals surface area contributed by atoms with Crippen LogP contribution in [0.2, 0.25) is 0 Å². The highest BCUT2D eigenvalue weighted by Crippen LogP contribution is 2.14. The predicted octanol–water partition coefficient (Wildman–Crippen LogP) is 2.15. The van der Waals surface area contributed by atoms with Crippen LogP contribution < -0.4 is 10.5 Å². The second-order valence-corrected chi connectivity index (χ2v) is 5.21. The van der Waals surface area contributed by atoms with E-state index in [2.05, 4.69) is 38.1 Å². The van der Waals surface area contributed by atoms with Gasteiger partial charge in [0.2, 0.25) is 0 Å². The maximum Gasteiger partial charge on any atom is 0.119 e. The van der Waals surface area contributed by atoms with Crippen molar-refractivity contribution >= 4 is 0 Å². The van der Waals surface area contributed by atoms with Crippen LogP contribution in [0.1, 0.15) is 18.9 Å². The molecule has 0 bridgehead atoms. The van der Waals surface area contributed by atoms with E-state index in [9.17, 15) is 0 Å². The van der Waals surface area contributed by atoms with E-state index in [4.69, 9.17) is 10.5 Å². The first-order chi connectivity index (χ1) is 8.61. The van der Waals surface area contributed by atoms with Crippen molar-refractivity contribution in [2.45, 2.75) is 19.8 Å². The average molecular weight is 250 g/mol. The van der Waals surface area contributed by atoms with E-state index >= 15 is 0 Å². The molecular weight excluding hydrogens is 224 g/mol. The molecule has 1 rings (SSSR count). The standard InChI is InChI=1S/C15H26N2O/c1-13(11-17(2)3)12-18-15-8-6-14(7-9-15)5-4-10-16/h6-9,13H,4-5,10-12,16H2,1-3H3. The highest BCUT2D eigenvalue weighted by atomic mass is 16.5. The zero-order chi connectivity index (χ0) is 13.4. The smallest absolute Gasteiger partial charge is 0.119 e. The van der Waals surface area contributed by atoms with Crippen LogP contribution >= 0.6 is 0 Å². The van der Waals surface area contributed by atoms with Gasteiger partial charge in [-0.1, -0.05) is 19.1 Å². The minimum absolute atomic E-state index is 0.539. The fourth-order valence-corrected chi connectivity index (χ4v) is 1.97. The molecule has 0 heterocycles. The van der Waals surface area contributed by atoms with Gasteiger partial charge in [-0.05, 0) is 51.2 Å². The first-order valence-corrected chi connectivity index (χ1v) is 6.68. The summed E-state index contributed by atoms with van der Waals surface area (Å²) in [5, 5.41) is 0. The van der Waals surface area contributed by atoms with Crippen molar-refractivity contribution < 1.29 is 4.74 Å². The molecule has 0 aliphatic rings. The fourth-order valence-electron chi connectivity index (χ4n) is 1.97. The summed E-state index contributed by atoms with van der Waals surface area (Å²) in [6.07, 6.45) is 2.09. The minimum Gasteiger partial charge on any atom is -0.493 e.